The molecule has 1 aromatic heterocycles. The highest BCUT2D eigenvalue weighted by Gasteiger charge is 2.12. The third kappa shape index (κ3) is 3.51. The normalized spacial score (nSPS) is 12.2. The molecule has 0 aliphatic heterocycles. The molecule has 0 aliphatic rings. The molecule has 2 aromatic rings. The molecule has 0 fully saturated rings. The van der Waals surface area contributed by atoms with Crippen molar-refractivity contribution in [2.24, 2.45) is 0 Å². The molecule has 0 amide bonds. The quantitative estimate of drug-likeness (QED) is 0.892. The monoisotopic (exact) mass is 257 g/mol. The third-order valence-electron chi connectivity index (χ3n) is 3.14. The molecule has 4 heteroatoms. The molecule has 1 unspecified atom stereocenters. The summed E-state index contributed by atoms with van der Waals surface area (Å²) in [7, 11) is 3.52. The van der Waals surface area contributed by atoms with Crippen LogP contribution in [-0.2, 0) is 6.42 Å². The van der Waals surface area contributed by atoms with E-state index in [-0.39, 0.29) is 6.04 Å². The van der Waals surface area contributed by atoms with Gasteiger partial charge in [-0.25, -0.2) is 0 Å². The van der Waals surface area contributed by atoms with Crippen LogP contribution in [0.4, 0.5) is 0 Å². The zero-order chi connectivity index (χ0) is 13.7. The van der Waals surface area contributed by atoms with Gasteiger partial charge >= 0.3 is 0 Å². The first-order chi connectivity index (χ1) is 9.22. The predicted molar refractivity (Wildman–Crippen MR) is 75.3 cm³/mol. The van der Waals surface area contributed by atoms with Gasteiger partial charge < -0.3 is 10.1 Å². The Labute approximate surface area is 113 Å². The fourth-order valence-corrected chi connectivity index (χ4v) is 1.94. The molecule has 0 bridgehead atoms. The van der Waals surface area contributed by atoms with E-state index in [2.05, 4.69) is 46.7 Å². The van der Waals surface area contributed by atoms with Gasteiger partial charge in [0, 0.05) is 6.07 Å². The predicted octanol–water partition coefficient (Wildman–Crippen LogP) is 2.30. The molecule has 19 heavy (non-hydrogen) atoms. The number of rotatable bonds is 5. The van der Waals surface area contributed by atoms with Gasteiger partial charge in [0.1, 0.15) is 0 Å². The molecule has 1 heterocycles. The standard InChI is InChI=1S/C15H19N3O/c1-11-4-6-12(7-5-11)10-14(16-2)13-8-9-15(19-3)18-17-13/h4-9,14,16H,10H2,1-3H3. The summed E-state index contributed by atoms with van der Waals surface area (Å²) in [4.78, 5) is 0. The number of benzene rings is 1. The van der Waals surface area contributed by atoms with Gasteiger partial charge in [-0.1, -0.05) is 29.8 Å². The Bertz CT molecular complexity index is 508. The summed E-state index contributed by atoms with van der Waals surface area (Å²) in [6, 6.07) is 12.5. The Morgan fingerprint density at radius 1 is 1.11 bits per heavy atom. The summed E-state index contributed by atoms with van der Waals surface area (Å²) in [5.74, 6) is 0.536. The SMILES string of the molecule is CNC(Cc1ccc(C)cc1)c1ccc(OC)nn1. The van der Waals surface area contributed by atoms with E-state index in [1.54, 1.807) is 7.11 Å². The molecule has 1 atom stereocenters. The third-order valence-corrected chi connectivity index (χ3v) is 3.14. The van der Waals surface area contributed by atoms with Gasteiger partial charge in [0.2, 0.25) is 5.88 Å². The molecule has 100 valence electrons. The van der Waals surface area contributed by atoms with Crippen molar-refractivity contribution in [1.29, 1.82) is 0 Å². The summed E-state index contributed by atoms with van der Waals surface area (Å²) in [6.07, 6.45) is 0.887. The van der Waals surface area contributed by atoms with Crippen LogP contribution in [0.15, 0.2) is 36.4 Å². The molecule has 0 aliphatic carbocycles. The van der Waals surface area contributed by atoms with Crippen molar-refractivity contribution < 1.29 is 4.74 Å². The molecule has 2 rings (SSSR count). The lowest BCUT2D eigenvalue weighted by atomic mass is 10.0. The van der Waals surface area contributed by atoms with Crippen LogP contribution >= 0.6 is 0 Å². The maximum Gasteiger partial charge on any atom is 0.233 e. The van der Waals surface area contributed by atoms with E-state index in [1.807, 2.05) is 19.2 Å². The second-order valence-electron chi connectivity index (χ2n) is 4.53. The van der Waals surface area contributed by atoms with E-state index in [1.165, 1.54) is 11.1 Å². The maximum absolute atomic E-state index is 5.02. The minimum Gasteiger partial charge on any atom is -0.480 e. The van der Waals surface area contributed by atoms with Crippen LogP contribution < -0.4 is 10.1 Å². The molecular weight excluding hydrogens is 238 g/mol. The second-order valence-corrected chi connectivity index (χ2v) is 4.53. The number of aryl methyl sites for hydroxylation is 1. The smallest absolute Gasteiger partial charge is 0.233 e. The Morgan fingerprint density at radius 3 is 2.37 bits per heavy atom. The van der Waals surface area contributed by atoms with E-state index >= 15 is 0 Å². The van der Waals surface area contributed by atoms with E-state index in [0.717, 1.165) is 12.1 Å². The fraction of sp³-hybridized carbons (Fsp3) is 0.333. The van der Waals surface area contributed by atoms with Gasteiger partial charge in [0.25, 0.3) is 0 Å². The number of nitrogens with zero attached hydrogens (tertiary/aromatic N) is 2. The molecule has 1 N–H and O–H groups in total. The van der Waals surface area contributed by atoms with Crippen LogP contribution in [0, 0.1) is 6.92 Å². The molecule has 0 saturated carbocycles. The van der Waals surface area contributed by atoms with Gasteiger partial charge in [0.05, 0.1) is 18.8 Å². The summed E-state index contributed by atoms with van der Waals surface area (Å²) in [5, 5.41) is 11.5. The number of nitrogens with one attached hydrogen (secondary N) is 1. The number of ether oxygens (including phenoxy) is 1. The zero-order valence-electron chi connectivity index (χ0n) is 11.6. The Kier molecular flexibility index (Phi) is 4.47. The first-order valence-corrected chi connectivity index (χ1v) is 6.33. The molecular formula is C15H19N3O. The molecule has 4 nitrogen and oxygen atoms in total. The van der Waals surface area contributed by atoms with Crippen LogP contribution in [0.2, 0.25) is 0 Å². The first-order valence-electron chi connectivity index (χ1n) is 6.33. The highest BCUT2D eigenvalue weighted by Crippen LogP contribution is 2.17. The summed E-state index contributed by atoms with van der Waals surface area (Å²) in [6.45, 7) is 2.09. The van der Waals surface area contributed by atoms with Crippen LogP contribution in [0.25, 0.3) is 0 Å². The molecule has 0 saturated heterocycles. The highest BCUT2D eigenvalue weighted by atomic mass is 16.5. The minimum absolute atomic E-state index is 0.154. The van der Waals surface area contributed by atoms with Crippen molar-refractivity contribution in [3.8, 4) is 5.88 Å². The number of hydrogen-bond acceptors (Lipinski definition) is 4. The summed E-state index contributed by atoms with van der Waals surface area (Å²) >= 11 is 0. The first kappa shape index (κ1) is 13.5. The Balaban J connectivity index is 2.12. The number of aromatic nitrogens is 2. The lowest BCUT2D eigenvalue weighted by molar-refractivity contribution is 0.389. The lowest BCUT2D eigenvalue weighted by Gasteiger charge is -2.15. The maximum atomic E-state index is 5.02. The van der Waals surface area contributed by atoms with Crippen LogP contribution in [-0.4, -0.2) is 24.4 Å². The van der Waals surface area contributed by atoms with Crippen molar-refractivity contribution in [2.75, 3.05) is 14.2 Å². The summed E-state index contributed by atoms with van der Waals surface area (Å²) in [5.41, 5.74) is 3.47. The molecule has 0 radical (unpaired) electrons. The van der Waals surface area contributed by atoms with E-state index in [0.29, 0.717) is 5.88 Å². The van der Waals surface area contributed by atoms with Crippen LogP contribution in [0.3, 0.4) is 0 Å². The van der Waals surface area contributed by atoms with Crippen molar-refractivity contribution >= 4 is 0 Å². The van der Waals surface area contributed by atoms with E-state index in [4.69, 9.17) is 4.74 Å². The Hall–Kier alpha value is -1.94. The fourth-order valence-electron chi connectivity index (χ4n) is 1.94. The van der Waals surface area contributed by atoms with Crippen molar-refractivity contribution in [3.63, 3.8) is 0 Å². The van der Waals surface area contributed by atoms with E-state index in [9.17, 15) is 0 Å². The van der Waals surface area contributed by atoms with Gasteiger partial charge in [0.15, 0.2) is 0 Å². The van der Waals surface area contributed by atoms with Gasteiger partial charge in [-0.3, -0.25) is 0 Å². The highest BCUT2D eigenvalue weighted by molar-refractivity contribution is 5.24. The summed E-state index contributed by atoms with van der Waals surface area (Å²) < 4.78 is 5.02. The van der Waals surface area contributed by atoms with Gasteiger partial charge in [-0.2, -0.15) is 5.10 Å². The molecule has 0 spiro atoms. The minimum atomic E-state index is 0.154. The average Bonchev–Trinajstić information content (AvgIpc) is 2.47. The number of hydrogen-bond donors (Lipinski definition) is 1. The van der Waals surface area contributed by atoms with Crippen molar-refractivity contribution in [1.82, 2.24) is 15.5 Å². The number of likely N-dealkylation sites (N-methyl/N-ethyl adjacent to an activating group) is 1. The van der Waals surface area contributed by atoms with Crippen LogP contribution in [0.1, 0.15) is 22.9 Å². The lowest BCUT2D eigenvalue weighted by Crippen LogP contribution is -2.20. The average molecular weight is 257 g/mol. The van der Waals surface area contributed by atoms with E-state index < -0.39 is 0 Å². The topological polar surface area (TPSA) is 47.0 Å². The second kappa shape index (κ2) is 6.29. The van der Waals surface area contributed by atoms with Gasteiger partial charge in [-0.15, -0.1) is 5.10 Å². The Morgan fingerprint density at radius 2 is 1.84 bits per heavy atom. The molecule has 1 aromatic carbocycles. The van der Waals surface area contributed by atoms with Gasteiger partial charge in [-0.05, 0) is 32.0 Å². The van der Waals surface area contributed by atoms with Crippen molar-refractivity contribution in [3.05, 3.63) is 53.2 Å². The largest absolute Gasteiger partial charge is 0.480 e. The van der Waals surface area contributed by atoms with Crippen molar-refractivity contribution in [2.45, 2.75) is 19.4 Å². The zero-order valence-corrected chi connectivity index (χ0v) is 11.6. The van der Waals surface area contributed by atoms with Crippen LogP contribution in [0.5, 0.6) is 5.88 Å². The number of methoxy groups -OCH3 is 1.